The number of hydrogen-bond donors (Lipinski definition) is 2. The normalized spacial score (nSPS) is 24.3. The van der Waals surface area contributed by atoms with Gasteiger partial charge < -0.3 is 10.8 Å². The molecule has 1 aliphatic rings. The number of aliphatic hydroxyl groups is 1. The molecule has 0 amide bonds. The van der Waals surface area contributed by atoms with Gasteiger partial charge in [-0.3, -0.25) is 4.90 Å². The van der Waals surface area contributed by atoms with Crippen LogP contribution in [0.4, 0.5) is 0 Å². The highest BCUT2D eigenvalue weighted by atomic mass is 79.9. The molecule has 0 spiro atoms. The van der Waals surface area contributed by atoms with Gasteiger partial charge in [-0.25, -0.2) is 0 Å². The molecule has 1 aliphatic heterocycles. The van der Waals surface area contributed by atoms with E-state index < -0.39 is 0 Å². The standard InChI is InChI=1S/C14H23BrN2OS/c1-10(16)14(12-4-5-13(15)19-12)17-7-2-3-11(9-17)6-8-18/h4-5,10-11,14,18H,2-3,6-9,16H2,1H3. The summed E-state index contributed by atoms with van der Waals surface area (Å²) in [5.74, 6) is 0.614. The first-order chi connectivity index (χ1) is 9.11. The van der Waals surface area contributed by atoms with Crippen molar-refractivity contribution in [2.75, 3.05) is 19.7 Å². The number of piperidine rings is 1. The number of nitrogens with zero attached hydrogens (tertiary/aromatic N) is 1. The van der Waals surface area contributed by atoms with Gasteiger partial charge in [-0.15, -0.1) is 11.3 Å². The lowest BCUT2D eigenvalue weighted by Gasteiger charge is -2.39. The van der Waals surface area contributed by atoms with Crippen LogP contribution in [0.2, 0.25) is 0 Å². The molecule has 3 nitrogen and oxygen atoms in total. The predicted molar refractivity (Wildman–Crippen MR) is 84.4 cm³/mol. The predicted octanol–water partition coefficient (Wildman–Crippen LogP) is 2.99. The third-order valence-electron chi connectivity index (χ3n) is 3.86. The topological polar surface area (TPSA) is 49.5 Å². The van der Waals surface area contributed by atoms with Crippen molar-refractivity contribution in [2.24, 2.45) is 11.7 Å². The molecule has 0 bridgehead atoms. The van der Waals surface area contributed by atoms with Crippen molar-refractivity contribution in [2.45, 2.75) is 38.3 Å². The van der Waals surface area contributed by atoms with E-state index in [4.69, 9.17) is 10.8 Å². The van der Waals surface area contributed by atoms with E-state index in [0.717, 1.165) is 23.3 Å². The number of halogens is 1. The van der Waals surface area contributed by atoms with Gasteiger partial charge in [0.15, 0.2) is 0 Å². The van der Waals surface area contributed by atoms with Crippen molar-refractivity contribution in [3.63, 3.8) is 0 Å². The summed E-state index contributed by atoms with van der Waals surface area (Å²) < 4.78 is 1.16. The minimum Gasteiger partial charge on any atom is -0.396 e. The van der Waals surface area contributed by atoms with Crippen LogP contribution in [-0.4, -0.2) is 35.7 Å². The molecule has 108 valence electrons. The molecule has 2 heterocycles. The van der Waals surface area contributed by atoms with E-state index >= 15 is 0 Å². The maximum Gasteiger partial charge on any atom is 0.0702 e. The first-order valence-electron chi connectivity index (χ1n) is 6.97. The van der Waals surface area contributed by atoms with Crippen LogP contribution in [0.5, 0.6) is 0 Å². The number of likely N-dealkylation sites (tertiary alicyclic amines) is 1. The SMILES string of the molecule is CC(N)C(c1ccc(Br)s1)N1CCCC(CCO)C1. The van der Waals surface area contributed by atoms with Gasteiger partial charge in [-0.2, -0.15) is 0 Å². The summed E-state index contributed by atoms with van der Waals surface area (Å²) in [5, 5.41) is 9.13. The minimum absolute atomic E-state index is 0.124. The lowest BCUT2D eigenvalue weighted by molar-refractivity contribution is 0.0983. The van der Waals surface area contributed by atoms with Crippen LogP contribution >= 0.6 is 27.3 Å². The molecule has 3 atom stereocenters. The quantitative estimate of drug-likeness (QED) is 0.861. The maximum absolute atomic E-state index is 9.13. The largest absolute Gasteiger partial charge is 0.396 e. The number of rotatable bonds is 5. The van der Waals surface area contributed by atoms with E-state index in [1.807, 2.05) is 0 Å². The first-order valence-corrected chi connectivity index (χ1v) is 8.58. The molecule has 5 heteroatoms. The van der Waals surface area contributed by atoms with Crippen LogP contribution in [0.15, 0.2) is 15.9 Å². The molecule has 3 unspecified atom stereocenters. The fourth-order valence-corrected chi connectivity index (χ4v) is 4.70. The summed E-state index contributed by atoms with van der Waals surface area (Å²) in [6, 6.07) is 4.71. The van der Waals surface area contributed by atoms with Crippen LogP contribution in [0.1, 0.15) is 37.1 Å². The van der Waals surface area contributed by atoms with Gasteiger partial charge in [-0.1, -0.05) is 0 Å². The Balaban J connectivity index is 2.10. The summed E-state index contributed by atoms with van der Waals surface area (Å²) >= 11 is 5.31. The Labute approximate surface area is 127 Å². The summed E-state index contributed by atoms with van der Waals surface area (Å²) in [6.07, 6.45) is 3.35. The average Bonchev–Trinajstić information content (AvgIpc) is 2.76. The van der Waals surface area contributed by atoms with Crippen LogP contribution < -0.4 is 5.73 Å². The number of thiophene rings is 1. The van der Waals surface area contributed by atoms with Gasteiger partial charge in [0.25, 0.3) is 0 Å². The average molecular weight is 347 g/mol. The Morgan fingerprint density at radius 2 is 2.37 bits per heavy atom. The Hall–Kier alpha value is 0.0600. The van der Waals surface area contributed by atoms with Crippen molar-refractivity contribution < 1.29 is 5.11 Å². The second kappa shape index (κ2) is 7.18. The Bertz CT molecular complexity index is 395. The Morgan fingerprint density at radius 1 is 1.58 bits per heavy atom. The molecule has 2 rings (SSSR count). The molecule has 3 N–H and O–H groups in total. The zero-order valence-electron chi connectivity index (χ0n) is 11.4. The van der Waals surface area contributed by atoms with Crippen LogP contribution in [0, 0.1) is 5.92 Å². The third kappa shape index (κ3) is 4.02. The molecule has 1 fully saturated rings. The minimum atomic E-state index is 0.124. The number of hydrogen-bond acceptors (Lipinski definition) is 4. The van der Waals surface area contributed by atoms with Gasteiger partial charge in [-0.05, 0) is 66.7 Å². The molecule has 0 aliphatic carbocycles. The molecule has 0 radical (unpaired) electrons. The lowest BCUT2D eigenvalue weighted by atomic mass is 9.92. The van der Waals surface area contributed by atoms with E-state index in [-0.39, 0.29) is 6.04 Å². The zero-order valence-corrected chi connectivity index (χ0v) is 13.8. The van der Waals surface area contributed by atoms with Crippen molar-refractivity contribution in [3.05, 3.63) is 20.8 Å². The highest BCUT2D eigenvalue weighted by Crippen LogP contribution is 2.35. The third-order valence-corrected chi connectivity index (χ3v) is 5.56. The summed E-state index contributed by atoms with van der Waals surface area (Å²) in [5.41, 5.74) is 6.23. The molecule has 0 saturated carbocycles. The van der Waals surface area contributed by atoms with E-state index in [9.17, 15) is 0 Å². The molecule has 0 aromatic carbocycles. The van der Waals surface area contributed by atoms with Crippen molar-refractivity contribution in [1.82, 2.24) is 4.90 Å². The molecule has 1 aromatic rings. The Kier molecular flexibility index (Phi) is 5.84. The summed E-state index contributed by atoms with van der Waals surface area (Å²) in [7, 11) is 0. The van der Waals surface area contributed by atoms with Gasteiger partial charge >= 0.3 is 0 Å². The second-order valence-corrected chi connectivity index (χ2v) is 7.96. The summed E-state index contributed by atoms with van der Waals surface area (Å²) in [6.45, 7) is 4.56. The van der Waals surface area contributed by atoms with E-state index in [1.54, 1.807) is 11.3 Å². The molecular formula is C14H23BrN2OS. The van der Waals surface area contributed by atoms with Gasteiger partial charge in [0.1, 0.15) is 0 Å². The van der Waals surface area contributed by atoms with Crippen LogP contribution in [0.3, 0.4) is 0 Å². The van der Waals surface area contributed by atoms with Gasteiger partial charge in [0.2, 0.25) is 0 Å². The van der Waals surface area contributed by atoms with Crippen LogP contribution in [0.25, 0.3) is 0 Å². The fourth-order valence-electron chi connectivity index (χ4n) is 3.03. The number of aliphatic hydroxyl groups excluding tert-OH is 1. The van der Waals surface area contributed by atoms with Gasteiger partial charge in [0, 0.05) is 24.1 Å². The lowest BCUT2D eigenvalue weighted by Crippen LogP contribution is -2.44. The maximum atomic E-state index is 9.13. The highest BCUT2D eigenvalue weighted by molar-refractivity contribution is 9.11. The second-order valence-electron chi connectivity index (χ2n) is 5.46. The van der Waals surface area contributed by atoms with Crippen LogP contribution in [-0.2, 0) is 0 Å². The van der Waals surface area contributed by atoms with Crippen molar-refractivity contribution in [1.29, 1.82) is 0 Å². The Morgan fingerprint density at radius 3 is 2.95 bits per heavy atom. The number of nitrogens with two attached hydrogens (primary N) is 1. The highest BCUT2D eigenvalue weighted by Gasteiger charge is 2.29. The smallest absolute Gasteiger partial charge is 0.0702 e. The van der Waals surface area contributed by atoms with E-state index in [2.05, 4.69) is 39.9 Å². The first kappa shape index (κ1) is 15.4. The molecule has 1 saturated heterocycles. The monoisotopic (exact) mass is 346 g/mol. The molecular weight excluding hydrogens is 324 g/mol. The molecule has 19 heavy (non-hydrogen) atoms. The van der Waals surface area contributed by atoms with Crippen molar-refractivity contribution in [3.8, 4) is 0 Å². The van der Waals surface area contributed by atoms with Gasteiger partial charge in [0.05, 0.1) is 9.83 Å². The summed E-state index contributed by atoms with van der Waals surface area (Å²) in [4.78, 5) is 3.85. The van der Waals surface area contributed by atoms with E-state index in [1.165, 1.54) is 17.7 Å². The zero-order chi connectivity index (χ0) is 13.8. The fraction of sp³-hybridized carbons (Fsp3) is 0.714. The molecule has 1 aromatic heterocycles. The van der Waals surface area contributed by atoms with Crippen molar-refractivity contribution >= 4 is 27.3 Å². The van der Waals surface area contributed by atoms with E-state index in [0.29, 0.717) is 18.6 Å².